The van der Waals surface area contributed by atoms with E-state index in [1.807, 2.05) is 65.9 Å². The van der Waals surface area contributed by atoms with Gasteiger partial charge >= 0.3 is 0 Å². The molecule has 0 radical (unpaired) electrons. The molecule has 102 valence electrons. The summed E-state index contributed by atoms with van der Waals surface area (Å²) in [6, 6.07) is 11.7. The van der Waals surface area contributed by atoms with E-state index in [2.05, 4.69) is 10.2 Å². The van der Waals surface area contributed by atoms with Gasteiger partial charge in [0.05, 0.1) is 23.6 Å². The van der Waals surface area contributed by atoms with E-state index in [0.717, 1.165) is 22.6 Å². The van der Waals surface area contributed by atoms with Crippen LogP contribution in [0.2, 0.25) is 0 Å². The average Bonchev–Trinajstić information content (AvgIpc) is 3.08. The topological polar surface area (TPSA) is 61.7 Å². The molecule has 0 fully saturated rings. The van der Waals surface area contributed by atoms with Crippen LogP contribution in [-0.2, 0) is 7.05 Å². The van der Waals surface area contributed by atoms with Crippen molar-refractivity contribution in [3.63, 3.8) is 0 Å². The molecule has 1 atom stereocenters. The quantitative estimate of drug-likeness (QED) is 0.789. The molecule has 0 aliphatic carbocycles. The van der Waals surface area contributed by atoms with Crippen molar-refractivity contribution in [2.24, 2.45) is 12.8 Å². The van der Waals surface area contributed by atoms with E-state index in [-0.39, 0.29) is 6.04 Å². The fourth-order valence-corrected chi connectivity index (χ4v) is 2.31. The third-order valence-corrected chi connectivity index (χ3v) is 3.60. The number of aryl methyl sites for hydroxylation is 1. The number of nitrogens with two attached hydrogens (primary N) is 1. The van der Waals surface area contributed by atoms with Crippen molar-refractivity contribution in [1.29, 1.82) is 0 Å². The van der Waals surface area contributed by atoms with E-state index in [1.165, 1.54) is 0 Å². The summed E-state index contributed by atoms with van der Waals surface area (Å²) in [7, 11) is 1.92. The SMILES string of the molecule is Cc1c(C(N)c2ccnn2-c2ccccc2)cnn1C. The molecule has 2 N–H and O–H groups in total. The highest BCUT2D eigenvalue weighted by molar-refractivity contribution is 5.36. The second-order valence-corrected chi connectivity index (χ2v) is 4.79. The Morgan fingerprint density at radius 1 is 1.10 bits per heavy atom. The van der Waals surface area contributed by atoms with E-state index in [0.29, 0.717) is 0 Å². The minimum absolute atomic E-state index is 0.244. The van der Waals surface area contributed by atoms with Crippen molar-refractivity contribution in [2.75, 3.05) is 0 Å². The molecule has 5 nitrogen and oxygen atoms in total. The lowest BCUT2D eigenvalue weighted by molar-refractivity contribution is 0.717. The van der Waals surface area contributed by atoms with Gasteiger partial charge in [-0.3, -0.25) is 4.68 Å². The second-order valence-electron chi connectivity index (χ2n) is 4.79. The molecule has 2 heterocycles. The molecule has 0 spiro atoms. The average molecular weight is 267 g/mol. The molecule has 0 aliphatic rings. The summed E-state index contributed by atoms with van der Waals surface area (Å²) in [5, 5.41) is 8.64. The van der Waals surface area contributed by atoms with Gasteiger partial charge in [-0.05, 0) is 25.1 Å². The van der Waals surface area contributed by atoms with Gasteiger partial charge in [-0.15, -0.1) is 0 Å². The van der Waals surface area contributed by atoms with Crippen molar-refractivity contribution in [1.82, 2.24) is 19.6 Å². The maximum Gasteiger partial charge on any atom is 0.0761 e. The molecular weight excluding hydrogens is 250 g/mol. The van der Waals surface area contributed by atoms with Gasteiger partial charge in [-0.1, -0.05) is 18.2 Å². The third-order valence-electron chi connectivity index (χ3n) is 3.60. The smallest absolute Gasteiger partial charge is 0.0761 e. The third kappa shape index (κ3) is 2.02. The molecule has 5 heteroatoms. The van der Waals surface area contributed by atoms with Crippen molar-refractivity contribution in [3.05, 3.63) is 65.7 Å². The first-order chi connectivity index (χ1) is 9.68. The largest absolute Gasteiger partial charge is 0.319 e. The Morgan fingerprint density at radius 2 is 1.85 bits per heavy atom. The molecule has 3 rings (SSSR count). The van der Waals surface area contributed by atoms with Crippen LogP contribution in [-0.4, -0.2) is 19.6 Å². The zero-order valence-electron chi connectivity index (χ0n) is 11.6. The first-order valence-corrected chi connectivity index (χ1v) is 6.52. The summed E-state index contributed by atoms with van der Waals surface area (Å²) < 4.78 is 3.70. The number of aromatic nitrogens is 4. The maximum absolute atomic E-state index is 6.40. The Hall–Kier alpha value is -2.40. The fourth-order valence-electron chi connectivity index (χ4n) is 2.31. The first kappa shape index (κ1) is 12.6. The van der Waals surface area contributed by atoms with Crippen molar-refractivity contribution >= 4 is 0 Å². The number of para-hydroxylation sites is 1. The molecule has 2 aromatic heterocycles. The Morgan fingerprint density at radius 3 is 2.50 bits per heavy atom. The molecule has 1 aromatic carbocycles. The van der Waals surface area contributed by atoms with Crippen LogP contribution in [0.3, 0.4) is 0 Å². The standard InChI is InChI=1S/C15H17N5/c1-11-13(10-18-19(11)2)15(16)14-8-9-17-20(14)12-6-4-3-5-7-12/h3-10,15H,16H2,1-2H3. The molecule has 3 aromatic rings. The van der Waals surface area contributed by atoms with Crippen LogP contribution in [0.4, 0.5) is 0 Å². The van der Waals surface area contributed by atoms with Crippen LogP contribution in [0.1, 0.15) is 23.0 Å². The van der Waals surface area contributed by atoms with Gasteiger partial charge in [0, 0.05) is 24.5 Å². The lowest BCUT2D eigenvalue weighted by atomic mass is 10.1. The number of rotatable bonds is 3. The lowest BCUT2D eigenvalue weighted by Crippen LogP contribution is -2.17. The van der Waals surface area contributed by atoms with E-state index >= 15 is 0 Å². The summed E-state index contributed by atoms with van der Waals surface area (Å²) in [5.74, 6) is 0. The van der Waals surface area contributed by atoms with Crippen molar-refractivity contribution < 1.29 is 0 Å². The normalized spacial score (nSPS) is 12.6. The zero-order valence-corrected chi connectivity index (χ0v) is 11.6. The fraction of sp³-hybridized carbons (Fsp3) is 0.200. The van der Waals surface area contributed by atoms with Gasteiger partial charge < -0.3 is 5.73 Å². The zero-order chi connectivity index (χ0) is 14.1. The van der Waals surface area contributed by atoms with Crippen LogP contribution in [0.25, 0.3) is 5.69 Å². The molecule has 0 saturated heterocycles. The summed E-state index contributed by atoms with van der Waals surface area (Å²) in [6.07, 6.45) is 3.59. The molecule has 0 aliphatic heterocycles. The van der Waals surface area contributed by atoms with Crippen LogP contribution in [0.5, 0.6) is 0 Å². The van der Waals surface area contributed by atoms with Gasteiger partial charge in [0.25, 0.3) is 0 Å². The highest BCUT2D eigenvalue weighted by Gasteiger charge is 2.18. The summed E-state index contributed by atoms with van der Waals surface area (Å²) in [5.41, 5.74) is 10.4. The highest BCUT2D eigenvalue weighted by Crippen LogP contribution is 2.23. The Kier molecular flexibility index (Phi) is 3.12. The van der Waals surface area contributed by atoms with E-state index in [4.69, 9.17) is 5.73 Å². The summed E-state index contributed by atoms with van der Waals surface area (Å²) >= 11 is 0. The Labute approximate surface area is 117 Å². The predicted octanol–water partition coefficient (Wildman–Crippen LogP) is 1.96. The minimum atomic E-state index is -0.244. The van der Waals surface area contributed by atoms with E-state index < -0.39 is 0 Å². The first-order valence-electron chi connectivity index (χ1n) is 6.52. The van der Waals surface area contributed by atoms with Crippen LogP contribution in [0.15, 0.2) is 48.8 Å². The van der Waals surface area contributed by atoms with E-state index in [9.17, 15) is 0 Å². The van der Waals surface area contributed by atoms with Gasteiger partial charge in [-0.2, -0.15) is 10.2 Å². The Bertz CT molecular complexity index is 711. The summed E-state index contributed by atoms with van der Waals surface area (Å²) in [6.45, 7) is 2.02. The number of benzene rings is 1. The van der Waals surface area contributed by atoms with Gasteiger partial charge in [0.2, 0.25) is 0 Å². The van der Waals surface area contributed by atoms with Crippen LogP contribution >= 0.6 is 0 Å². The van der Waals surface area contributed by atoms with Crippen LogP contribution in [0, 0.1) is 6.92 Å². The second kappa shape index (κ2) is 4.94. The number of nitrogens with zero attached hydrogens (tertiary/aromatic N) is 4. The number of hydrogen-bond donors (Lipinski definition) is 1. The lowest BCUT2D eigenvalue weighted by Gasteiger charge is -2.14. The van der Waals surface area contributed by atoms with Crippen LogP contribution < -0.4 is 5.73 Å². The molecule has 1 unspecified atom stereocenters. The molecular formula is C15H17N5. The van der Waals surface area contributed by atoms with Gasteiger partial charge in [-0.25, -0.2) is 4.68 Å². The van der Waals surface area contributed by atoms with E-state index in [1.54, 1.807) is 6.20 Å². The van der Waals surface area contributed by atoms with Gasteiger partial charge in [0.15, 0.2) is 0 Å². The van der Waals surface area contributed by atoms with Gasteiger partial charge in [0.1, 0.15) is 0 Å². The predicted molar refractivity (Wildman–Crippen MR) is 77.5 cm³/mol. The number of hydrogen-bond acceptors (Lipinski definition) is 3. The molecule has 0 saturated carbocycles. The molecule has 0 amide bonds. The summed E-state index contributed by atoms with van der Waals surface area (Å²) in [4.78, 5) is 0. The van der Waals surface area contributed by atoms with Crippen molar-refractivity contribution in [2.45, 2.75) is 13.0 Å². The minimum Gasteiger partial charge on any atom is -0.319 e. The highest BCUT2D eigenvalue weighted by atomic mass is 15.3. The monoisotopic (exact) mass is 267 g/mol. The molecule has 0 bridgehead atoms. The maximum atomic E-state index is 6.40. The molecule has 20 heavy (non-hydrogen) atoms. The van der Waals surface area contributed by atoms with Crippen molar-refractivity contribution in [3.8, 4) is 5.69 Å². The Balaban J connectivity index is 2.04.